The van der Waals surface area contributed by atoms with Crippen LogP contribution in [0.3, 0.4) is 0 Å². The monoisotopic (exact) mass is 321 g/mol. The molecule has 3 nitrogen and oxygen atoms in total. The summed E-state index contributed by atoms with van der Waals surface area (Å²) in [5.74, 6) is 0. The van der Waals surface area contributed by atoms with Crippen LogP contribution in [0.25, 0.3) is 0 Å². The molecule has 0 spiro atoms. The maximum Gasteiger partial charge on any atom is 0.0946 e. The SMILES string of the molecule is CC1(C)CC(OCCCCCBr)CC(C)(C)[NH+]1[O-]. The van der Waals surface area contributed by atoms with E-state index in [2.05, 4.69) is 43.6 Å². The van der Waals surface area contributed by atoms with E-state index in [0.717, 1.165) is 31.2 Å². The predicted octanol–water partition coefficient (Wildman–Crippen LogP) is 2.67. The summed E-state index contributed by atoms with van der Waals surface area (Å²) in [5, 5.41) is 13.7. The molecule has 1 N–H and O–H groups in total. The third-order valence-electron chi connectivity index (χ3n) is 3.84. The van der Waals surface area contributed by atoms with Gasteiger partial charge < -0.3 is 15.0 Å². The number of quaternary nitrogens is 1. The van der Waals surface area contributed by atoms with Gasteiger partial charge in [0.05, 0.1) is 17.2 Å². The molecule has 0 aromatic heterocycles. The van der Waals surface area contributed by atoms with Gasteiger partial charge in [0.1, 0.15) is 0 Å². The zero-order valence-corrected chi connectivity index (χ0v) is 13.8. The molecule has 18 heavy (non-hydrogen) atoms. The van der Waals surface area contributed by atoms with Crippen molar-refractivity contribution >= 4 is 15.9 Å². The standard InChI is InChI=1S/C14H28BrNO2/c1-13(2)10-12(11-14(3,4)16(13)17)18-9-7-5-6-8-15/h12,16H,5-11H2,1-4H3. The molecule has 0 aliphatic carbocycles. The molecule has 1 fully saturated rings. The van der Waals surface area contributed by atoms with Gasteiger partial charge in [0.15, 0.2) is 0 Å². The first kappa shape index (κ1) is 16.4. The Hall–Kier alpha value is 0.360. The molecular formula is C14H28BrNO2. The van der Waals surface area contributed by atoms with Gasteiger partial charge in [0, 0.05) is 24.8 Å². The number of hydroxylamine groups is 2. The highest BCUT2D eigenvalue weighted by molar-refractivity contribution is 9.09. The lowest BCUT2D eigenvalue weighted by Crippen LogP contribution is -3.23. The van der Waals surface area contributed by atoms with Gasteiger partial charge in [0.25, 0.3) is 0 Å². The molecule has 4 heteroatoms. The quantitative estimate of drug-likeness (QED) is 0.464. The molecule has 0 amide bonds. The van der Waals surface area contributed by atoms with Gasteiger partial charge in [-0.15, -0.1) is 0 Å². The molecule has 0 saturated carbocycles. The Balaban J connectivity index is 2.39. The summed E-state index contributed by atoms with van der Waals surface area (Å²) in [7, 11) is 0. The number of piperidine rings is 1. The van der Waals surface area contributed by atoms with E-state index in [1.807, 2.05) is 0 Å². The number of unbranched alkanes of at least 4 members (excludes halogenated alkanes) is 2. The van der Waals surface area contributed by atoms with Crippen molar-refractivity contribution in [1.82, 2.24) is 0 Å². The van der Waals surface area contributed by atoms with Gasteiger partial charge in [-0.25, -0.2) is 0 Å². The van der Waals surface area contributed by atoms with E-state index in [1.54, 1.807) is 0 Å². The lowest BCUT2D eigenvalue weighted by atomic mass is 9.80. The Morgan fingerprint density at radius 3 is 2.17 bits per heavy atom. The maximum absolute atomic E-state index is 12.3. The Morgan fingerprint density at radius 2 is 1.67 bits per heavy atom. The fourth-order valence-electron chi connectivity index (χ4n) is 3.05. The highest BCUT2D eigenvalue weighted by Crippen LogP contribution is 2.26. The van der Waals surface area contributed by atoms with Crippen LogP contribution in [0.5, 0.6) is 0 Å². The van der Waals surface area contributed by atoms with Gasteiger partial charge >= 0.3 is 0 Å². The zero-order chi connectivity index (χ0) is 13.8. The summed E-state index contributed by atoms with van der Waals surface area (Å²) in [4.78, 5) is 0. The van der Waals surface area contributed by atoms with Crippen molar-refractivity contribution in [1.29, 1.82) is 0 Å². The first-order valence-electron chi connectivity index (χ1n) is 7.02. The summed E-state index contributed by atoms with van der Waals surface area (Å²) in [6.07, 6.45) is 5.53. The Bertz CT molecular complexity index is 238. The first-order chi connectivity index (χ1) is 8.29. The number of ether oxygens (including phenoxy) is 1. The summed E-state index contributed by atoms with van der Waals surface area (Å²) in [6, 6.07) is 0. The fourth-order valence-corrected chi connectivity index (χ4v) is 3.45. The van der Waals surface area contributed by atoms with Gasteiger partial charge in [-0.2, -0.15) is 0 Å². The molecule has 0 atom stereocenters. The highest BCUT2D eigenvalue weighted by Gasteiger charge is 2.45. The third kappa shape index (κ3) is 4.48. The molecule has 1 saturated heterocycles. The Labute approximate surface area is 120 Å². The number of rotatable bonds is 6. The molecular weight excluding hydrogens is 294 g/mol. The van der Waals surface area contributed by atoms with Gasteiger partial charge in [-0.1, -0.05) is 22.4 Å². The van der Waals surface area contributed by atoms with Crippen LogP contribution < -0.4 is 5.06 Å². The number of nitrogens with one attached hydrogen (secondary N) is 1. The van der Waals surface area contributed by atoms with Crippen molar-refractivity contribution in [3.05, 3.63) is 5.21 Å². The molecule has 1 aliphatic heterocycles. The van der Waals surface area contributed by atoms with Crippen LogP contribution in [-0.2, 0) is 4.74 Å². The van der Waals surface area contributed by atoms with Crippen molar-refractivity contribution in [2.75, 3.05) is 11.9 Å². The smallest absolute Gasteiger partial charge is 0.0946 e. The molecule has 1 rings (SSSR count). The van der Waals surface area contributed by atoms with Crippen molar-refractivity contribution in [3.63, 3.8) is 0 Å². The summed E-state index contributed by atoms with van der Waals surface area (Å²) in [5.41, 5.74) is -0.468. The topological polar surface area (TPSA) is 36.7 Å². The molecule has 0 aromatic rings. The largest absolute Gasteiger partial charge is 0.634 e. The van der Waals surface area contributed by atoms with Gasteiger partial charge in [-0.05, 0) is 40.5 Å². The fraction of sp³-hybridized carbons (Fsp3) is 1.00. The lowest BCUT2D eigenvalue weighted by Gasteiger charge is -2.54. The van der Waals surface area contributed by atoms with Crippen molar-refractivity contribution in [2.24, 2.45) is 0 Å². The number of alkyl halides is 1. The second-order valence-electron chi connectivity index (χ2n) is 6.75. The van der Waals surface area contributed by atoms with E-state index >= 15 is 0 Å². The third-order valence-corrected chi connectivity index (χ3v) is 4.40. The molecule has 0 radical (unpaired) electrons. The van der Waals surface area contributed by atoms with Crippen LogP contribution in [0, 0.1) is 5.21 Å². The molecule has 0 bridgehead atoms. The lowest BCUT2D eigenvalue weighted by molar-refractivity contribution is -0.956. The van der Waals surface area contributed by atoms with Crippen LogP contribution in [0.2, 0.25) is 0 Å². The Morgan fingerprint density at radius 1 is 1.11 bits per heavy atom. The Kier molecular flexibility index (Phi) is 6.10. The van der Waals surface area contributed by atoms with Crippen LogP contribution in [0.1, 0.15) is 59.8 Å². The minimum absolute atomic E-state index is 0.234. The molecule has 1 aliphatic rings. The van der Waals surface area contributed by atoms with Crippen LogP contribution in [0.4, 0.5) is 0 Å². The number of halogens is 1. The number of hydrogen-bond acceptors (Lipinski definition) is 2. The van der Waals surface area contributed by atoms with Crippen molar-refractivity contribution in [2.45, 2.75) is 77.0 Å². The van der Waals surface area contributed by atoms with E-state index in [0.29, 0.717) is 5.06 Å². The molecule has 1 heterocycles. The second-order valence-corrected chi connectivity index (χ2v) is 7.54. The molecule has 0 aromatic carbocycles. The highest BCUT2D eigenvalue weighted by atomic mass is 79.9. The van der Waals surface area contributed by atoms with Gasteiger partial charge in [0.2, 0.25) is 0 Å². The van der Waals surface area contributed by atoms with Crippen molar-refractivity contribution in [3.8, 4) is 0 Å². The summed E-state index contributed by atoms with van der Waals surface area (Å²) in [6.45, 7) is 9.04. The van der Waals surface area contributed by atoms with E-state index in [9.17, 15) is 5.21 Å². The van der Waals surface area contributed by atoms with Gasteiger partial charge in [-0.3, -0.25) is 0 Å². The normalized spacial score (nSPS) is 30.3. The maximum atomic E-state index is 12.3. The second kappa shape index (κ2) is 6.69. The van der Waals surface area contributed by atoms with E-state index < -0.39 is 0 Å². The number of hydrogen-bond donors (Lipinski definition) is 1. The summed E-state index contributed by atoms with van der Waals surface area (Å²) < 4.78 is 5.98. The van der Waals surface area contributed by atoms with E-state index in [4.69, 9.17) is 4.74 Å². The minimum atomic E-state index is -0.234. The van der Waals surface area contributed by atoms with E-state index in [1.165, 1.54) is 12.8 Å². The van der Waals surface area contributed by atoms with Crippen LogP contribution in [0.15, 0.2) is 0 Å². The minimum Gasteiger partial charge on any atom is -0.634 e. The molecule has 108 valence electrons. The van der Waals surface area contributed by atoms with Crippen LogP contribution in [-0.4, -0.2) is 29.1 Å². The zero-order valence-electron chi connectivity index (χ0n) is 12.2. The molecule has 0 unspecified atom stereocenters. The first-order valence-corrected chi connectivity index (χ1v) is 8.14. The van der Waals surface area contributed by atoms with Crippen molar-refractivity contribution < 1.29 is 9.80 Å². The van der Waals surface area contributed by atoms with E-state index in [-0.39, 0.29) is 17.2 Å². The summed E-state index contributed by atoms with van der Waals surface area (Å²) >= 11 is 3.44. The van der Waals surface area contributed by atoms with Crippen LogP contribution >= 0.6 is 15.9 Å². The average molecular weight is 322 g/mol. The average Bonchev–Trinajstić information content (AvgIpc) is 2.25. The predicted molar refractivity (Wildman–Crippen MR) is 79.1 cm³/mol.